The summed E-state index contributed by atoms with van der Waals surface area (Å²) in [5.74, 6) is -0.859. The second-order valence-electron chi connectivity index (χ2n) is 5.06. The summed E-state index contributed by atoms with van der Waals surface area (Å²) in [6.45, 7) is 0.843. The predicted octanol–water partition coefficient (Wildman–Crippen LogP) is 3.58. The van der Waals surface area contributed by atoms with Crippen molar-refractivity contribution in [3.8, 4) is 0 Å². The van der Waals surface area contributed by atoms with E-state index in [1.807, 2.05) is 0 Å². The monoisotopic (exact) mass is 411 g/mol. The highest BCUT2D eigenvalue weighted by Crippen LogP contribution is 2.37. The second kappa shape index (κ2) is 9.73. The van der Waals surface area contributed by atoms with Gasteiger partial charge in [-0.25, -0.2) is 0 Å². The molecule has 0 bridgehead atoms. The molecule has 9 heteroatoms. The fourth-order valence-electron chi connectivity index (χ4n) is 2.03. The number of esters is 1. The van der Waals surface area contributed by atoms with Crippen LogP contribution in [0.3, 0.4) is 0 Å². The molecule has 2 rings (SSSR count). The molecule has 1 aliphatic rings. The summed E-state index contributed by atoms with van der Waals surface area (Å²) in [5, 5.41) is 3.55. The minimum Gasteiger partial charge on any atom is -0.455 e. The summed E-state index contributed by atoms with van der Waals surface area (Å²) in [7, 11) is 0. The van der Waals surface area contributed by atoms with E-state index in [-0.39, 0.29) is 34.4 Å². The number of hydrogen-bond acceptors (Lipinski definition) is 5. The van der Waals surface area contributed by atoms with Gasteiger partial charge in [-0.3, -0.25) is 9.59 Å². The smallest absolute Gasteiger partial charge is 0.316 e. The van der Waals surface area contributed by atoms with Crippen molar-refractivity contribution >= 4 is 58.4 Å². The minimum absolute atomic E-state index is 0.0106. The maximum atomic E-state index is 11.7. The summed E-state index contributed by atoms with van der Waals surface area (Å²) < 4.78 is 10.3. The topological polar surface area (TPSA) is 64.6 Å². The number of carbonyl (C=O) groups excluding carboxylic acids is 2. The highest BCUT2D eigenvalue weighted by molar-refractivity contribution is 8.00. The van der Waals surface area contributed by atoms with Gasteiger partial charge < -0.3 is 14.8 Å². The lowest BCUT2D eigenvalue weighted by atomic mass is 10.2. The molecule has 0 aromatic heterocycles. The molecule has 24 heavy (non-hydrogen) atoms. The zero-order valence-electron chi connectivity index (χ0n) is 12.6. The van der Waals surface area contributed by atoms with E-state index in [0.717, 1.165) is 31.2 Å². The lowest BCUT2D eigenvalue weighted by Crippen LogP contribution is -2.35. The molecule has 0 unspecified atom stereocenters. The maximum absolute atomic E-state index is 11.7. The number of rotatable bonds is 7. The molecule has 1 fully saturated rings. The first-order valence-electron chi connectivity index (χ1n) is 7.27. The van der Waals surface area contributed by atoms with E-state index in [1.165, 1.54) is 0 Å². The standard InChI is InChI=1S/C15H16Cl3NO4S/c16-10-3-4-11(15(18)14(10)17)24-8-13(21)23-7-12(20)19-6-9-2-1-5-22-9/h3-4,9H,1-2,5-8H2,(H,19,20)/t9-/m1/s1. The Bertz CT molecular complexity index is 609. The largest absolute Gasteiger partial charge is 0.455 e. The van der Waals surface area contributed by atoms with Gasteiger partial charge in [-0.2, -0.15) is 0 Å². The summed E-state index contributed by atoms with van der Waals surface area (Å²) >= 11 is 19.0. The minimum atomic E-state index is -0.519. The molecule has 1 aliphatic heterocycles. The maximum Gasteiger partial charge on any atom is 0.316 e. The first-order valence-corrected chi connectivity index (χ1v) is 9.39. The number of hydrogen-bond donors (Lipinski definition) is 1. The average molecular weight is 413 g/mol. The number of ether oxygens (including phenoxy) is 2. The van der Waals surface area contributed by atoms with Crippen molar-refractivity contribution in [2.75, 3.05) is 25.5 Å². The van der Waals surface area contributed by atoms with E-state index < -0.39 is 5.97 Å². The average Bonchev–Trinajstić information content (AvgIpc) is 3.09. The Labute approximate surface area is 159 Å². The van der Waals surface area contributed by atoms with Crippen LogP contribution in [0.2, 0.25) is 15.1 Å². The molecule has 0 radical (unpaired) electrons. The first-order chi connectivity index (χ1) is 11.5. The van der Waals surface area contributed by atoms with Crippen molar-refractivity contribution in [1.29, 1.82) is 0 Å². The quantitative estimate of drug-likeness (QED) is 0.421. The Morgan fingerprint density at radius 2 is 2.08 bits per heavy atom. The van der Waals surface area contributed by atoms with Crippen LogP contribution in [0.5, 0.6) is 0 Å². The van der Waals surface area contributed by atoms with Gasteiger partial charge in [0.05, 0.1) is 26.9 Å². The molecular formula is C15H16Cl3NO4S. The zero-order chi connectivity index (χ0) is 17.5. The molecule has 1 aromatic carbocycles. The van der Waals surface area contributed by atoms with E-state index in [9.17, 15) is 9.59 Å². The third kappa shape index (κ3) is 6.01. The van der Waals surface area contributed by atoms with Gasteiger partial charge in [0.15, 0.2) is 6.61 Å². The predicted molar refractivity (Wildman–Crippen MR) is 95.1 cm³/mol. The number of amides is 1. The molecule has 132 valence electrons. The third-order valence-corrected chi connectivity index (χ3v) is 5.70. The SMILES string of the molecule is O=C(COC(=O)CSc1ccc(Cl)c(Cl)c1Cl)NC[C@H]1CCCO1. The fourth-order valence-corrected chi connectivity index (χ4v) is 3.53. The van der Waals surface area contributed by atoms with Crippen molar-refractivity contribution in [2.45, 2.75) is 23.8 Å². The van der Waals surface area contributed by atoms with Crippen LogP contribution < -0.4 is 5.32 Å². The first kappa shape index (κ1) is 19.7. The van der Waals surface area contributed by atoms with Crippen LogP contribution >= 0.6 is 46.6 Å². The Kier molecular flexibility index (Phi) is 7.97. The molecule has 1 amide bonds. The van der Waals surface area contributed by atoms with E-state index in [0.29, 0.717) is 16.5 Å². The molecule has 0 spiro atoms. The van der Waals surface area contributed by atoms with Crippen LogP contribution in [-0.4, -0.2) is 43.5 Å². The molecular weight excluding hydrogens is 397 g/mol. The lowest BCUT2D eigenvalue weighted by molar-refractivity contribution is -0.146. The summed E-state index contributed by atoms with van der Waals surface area (Å²) in [6.07, 6.45) is 1.99. The van der Waals surface area contributed by atoms with E-state index >= 15 is 0 Å². The van der Waals surface area contributed by atoms with Gasteiger partial charge in [-0.15, -0.1) is 11.8 Å². The van der Waals surface area contributed by atoms with Gasteiger partial charge in [0.1, 0.15) is 0 Å². The lowest BCUT2D eigenvalue weighted by Gasteiger charge is -2.11. The van der Waals surface area contributed by atoms with Gasteiger partial charge in [-0.05, 0) is 25.0 Å². The molecule has 1 saturated heterocycles. The van der Waals surface area contributed by atoms with Crippen LogP contribution in [0.1, 0.15) is 12.8 Å². The van der Waals surface area contributed by atoms with Crippen LogP contribution in [0.25, 0.3) is 0 Å². The van der Waals surface area contributed by atoms with Crippen LogP contribution in [0, 0.1) is 0 Å². The fraction of sp³-hybridized carbons (Fsp3) is 0.467. The van der Waals surface area contributed by atoms with E-state index in [4.69, 9.17) is 44.3 Å². The van der Waals surface area contributed by atoms with E-state index in [1.54, 1.807) is 12.1 Å². The number of thioether (sulfide) groups is 1. The van der Waals surface area contributed by atoms with Crippen LogP contribution in [0.4, 0.5) is 0 Å². The van der Waals surface area contributed by atoms with Crippen molar-refractivity contribution in [3.05, 3.63) is 27.2 Å². The third-order valence-electron chi connectivity index (χ3n) is 3.26. The van der Waals surface area contributed by atoms with E-state index in [2.05, 4.69) is 5.32 Å². The van der Waals surface area contributed by atoms with Gasteiger partial charge in [-0.1, -0.05) is 34.8 Å². The Hall–Kier alpha value is -0.660. The number of halogens is 3. The Balaban J connectivity index is 1.67. The highest BCUT2D eigenvalue weighted by Gasteiger charge is 2.17. The molecule has 1 atom stereocenters. The molecule has 5 nitrogen and oxygen atoms in total. The molecule has 0 saturated carbocycles. The van der Waals surface area contributed by atoms with Gasteiger partial charge in [0.2, 0.25) is 0 Å². The van der Waals surface area contributed by atoms with Gasteiger partial charge in [0, 0.05) is 18.0 Å². The van der Waals surface area contributed by atoms with Gasteiger partial charge >= 0.3 is 5.97 Å². The summed E-state index contributed by atoms with van der Waals surface area (Å²) in [4.78, 5) is 23.9. The van der Waals surface area contributed by atoms with Crippen molar-refractivity contribution in [3.63, 3.8) is 0 Å². The van der Waals surface area contributed by atoms with Crippen LogP contribution in [-0.2, 0) is 19.1 Å². The van der Waals surface area contributed by atoms with Crippen LogP contribution in [0.15, 0.2) is 17.0 Å². The molecule has 0 aliphatic carbocycles. The normalized spacial score (nSPS) is 16.9. The molecule has 1 aromatic rings. The second-order valence-corrected chi connectivity index (χ2v) is 7.24. The summed E-state index contributed by atoms with van der Waals surface area (Å²) in [5.41, 5.74) is 0. The van der Waals surface area contributed by atoms with Crippen molar-refractivity contribution < 1.29 is 19.1 Å². The molecule has 1 heterocycles. The van der Waals surface area contributed by atoms with Crippen molar-refractivity contribution in [1.82, 2.24) is 5.32 Å². The Morgan fingerprint density at radius 3 is 2.79 bits per heavy atom. The van der Waals surface area contributed by atoms with Gasteiger partial charge in [0.25, 0.3) is 5.91 Å². The zero-order valence-corrected chi connectivity index (χ0v) is 15.7. The number of carbonyl (C=O) groups is 2. The van der Waals surface area contributed by atoms with Crippen molar-refractivity contribution in [2.24, 2.45) is 0 Å². The highest BCUT2D eigenvalue weighted by atomic mass is 35.5. The molecule has 1 N–H and O–H groups in total. The number of benzene rings is 1. The Morgan fingerprint density at radius 1 is 1.29 bits per heavy atom. The summed E-state index contributed by atoms with van der Waals surface area (Å²) in [6, 6.07) is 3.27. The number of nitrogens with one attached hydrogen (secondary N) is 1.